The Morgan fingerprint density at radius 2 is 1.70 bits per heavy atom. The molecule has 1 aromatic carbocycles. The van der Waals surface area contributed by atoms with E-state index >= 15 is 0 Å². The van der Waals surface area contributed by atoms with E-state index in [2.05, 4.69) is 9.97 Å². The molecule has 0 unspecified atom stereocenters. The van der Waals surface area contributed by atoms with Crippen molar-refractivity contribution in [1.82, 2.24) is 9.97 Å². The van der Waals surface area contributed by atoms with E-state index in [0.29, 0.717) is 17.9 Å². The predicted molar refractivity (Wildman–Crippen MR) is 74.3 cm³/mol. The fourth-order valence-corrected chi connectivity index (χ4v) is 1.99. The Morgan fingerprint density at radius 1 is 1.10 bits per heavy atom. The van der Waals surface area contributed by atoms with Gasteiger partial charge >= 0.3 is 6.01 Å². The van der Waals surface area contributed by atoms with Crippen LogP contribution < -0.4 is 9.47 Å². The lowest BCUT2D eigenvalue weighted by Crippen LogP contribution is -1.98. The molecule has 5 nitrogen and oxygen atoms in total. The fourth-order valence-electron chi connectivity index (χ4n) is 1.99. The van der Waals surface area contributed by atoms with E-state index in [1.54, 1.807) is 19.5 Å². The third-order valence-electron chi connectivity index (χ3n) is 3.01. The summed E-state index contributed by atoms with van der Waals surface area (Å²) in [5.41, 5.74) is 3.06. The molecule has 0 spiro atoms. The highest BCUT2D eigenvalue weighted by molar-refractivity contribution is 5.58. The maximum absolute atomic E-state index is 10.7. The molecule has 0 saturated heterocycles. The average Bonchev–Trinajstić information content (AvgIpc) is 2.44. The second-order valence-corrected chi connectivity index (χ2v) is 4.41. The van der Waals surface area contributed by atoms with Crippen molar-refractivity contribution in [2.45, 2.75) is 20.3 Å². The van der Waals surface area contributed by atoms with Gasteiger partial charge in [-0.1, -0.05) is 0 Å². The first-order valence-corrected chi connectivity index (χ1v) is 6.21. The summed E-state index contributed by atoms with van der Waals surface area (Å²) in [6, 6.07) is 4.01. The first-order valence-electron chi connectivity index (χ1n) is 6.21. The molecule has 1 aromatic heterocycles. The molecule has 0 saturated carbocycles. The molecule has 0 atom stereocenters. The van der Waals surface area contributed by atoms with Crippen LogP contribution in [0.5, 0.6) is 17.5 Å². The molecule has 0 aliphatic rings. The third-order valence-corrected chi connectivity index (χ3v) is 3.01. The van der Waals surface area contributed by atoms with Crippen molar-refractivity contribution in [1.29, 1.82) is 0 Å². The third kappa shape index (κ3) is 3.12. The van der Waals surface area contributed by atoms with Crippen molar-refractivity contribution in [3.8, 4) is 17.5 Å². The van der Waals surface area contributed by atoms with E-state index in [1.807, 2.05) is 26.0 Å². The van der Waals surface area contributed by atoms with Gasteiger partial charge in [0.05, 0.1) is 19.5 Å². The number of hydrogen-bond donors (Lipinski definition) is 0. The molecule has 0 amide bonds. The molecule has 0 aliphatic carbocycles. The SMILES string of the molecule is COc1cnc(Oc2cc(C)c(CC=O)c(C)c2)nc1. The van der Waals surface area contributed by atoms with Crippen molar-refractivity contribution >= 4 is 6.29 Å². The number of carbonyl (C=O) groups excluding carboxylic acids is 1. The Balaban J connectivity index is 2.22. The lowest BCUT2D eigenvalue weighted by Gasteiger charge is -2.10. The first kappa shape index (κ1) is 14.0. The Hall–Kier alpha value is -2.43. The number of nitrogens with zero attached hydrogens (tertiary/aromatic N) is 2. The smallest absolute Gasteiger partial charge is 0.322 e. The summed E-state index contributed by atoms with van der Waals surface area (Å²) in [7, 11) is 1.55. The normalized spacial score (nSPS) is 10.2. The summed E-state index contributed by atoms with van der Waals surface area (Å²) >= 11 is 0. The molecule has 0 bridgehead atoms. The summed E-state index contributed by atoms with van der Waals surface area (Å²) in [4.78, 5) is 18.7. The van der Waals surface area contributed by atoms with E-state index in [0.717, 1.165) is 23.0 Å². The predicted octanol–water partition coefficient (Wildman–Crippen LogP) is 2.64. The Morgan fingerprint density at radius 3 is 2.20 bits per heavy atom. The monoisotopic (exact) mass is 272 g/mol. The van der Waals surface area contributed by atoms with Crippen molar-refractivity contribution in [3.63, 3.8) is 0 Å². The molecular weight excluding hydrogens is 256 g/mol. The zero-order valence-corrected chi connectivity index (χ0v) is 11.7. The highest BCUT2D eigenvalue weighted by Gasteiger charge is 2.07. The van der Waals surface area contributed by atoms with E-state index in [-0.39, 0.29) is 6.01 Å². The van der Waals surface area contributed by atoms with Crippen LogP contribution in [0.3, 0.4) is 0 Å². The van der Waals surface area contributed by atoms with Gasteiger partial charge in [0.2, 0.25) is 0 Å². The molecule has 104 valence electrons. The summed E-state index contributed by atoms with van der Waals surface area (Å²) in [6.07, 6.45) is 4.41. The molecule has 2 rings (SSSR count). The average molecular weight is 272 g/mol. The summed E-state index contributed by atoms with van der Waals surface area (Å²) in [6.45, 7) is 3.90. The molecule has 0 aliphatic heterocycles. The number of carbonyl (C=O) groups is 1. The van der Waals surface area contributed by atoms with Crippen LogP contribution >= 0.6 is 0 Å². The van der Waals surface area contributed by atoms with E-state index in [9.17, 15) is 4.79 Å². The van der Waals surface area contributed by atoms with Gasteiger partial charge in [0.25, 0.3) is 0 Å². The highest BCUT2D eigenvalue weighted by atomic mass is 16.5. The molecule has 0 radical (unpaired) electrons. The lowest BCUT2D eigenvalue weighted by molar-refractivity contribution is -0.107. The minimum absolute atomic E-state index is 0.257. The van der Waals surface area contributed by atoms with E-state index < -0.39 is 0 Å². The van der Waals surface area contributed by atoms with Crippen LogP contribution in [0.25, 0.3) is 0 Å². The zero-order chi connectivity index (χ0) is 14.5. The number of hydrogen-bond acceptors (Lipinski definition) is 5. The molecule has 0 fully saturated rings. The molecule has 20 heavy (non-hydrogen) atoms. The molecule has 5 heteroatoms. The standard InChI is InChI=1S/C15H16N2O3/c1-10-6-12(7-11(2)14(10)4-5-18)20-15-16-8-13(19-3)9-17-15/h5-9H,4H2,1-3H3. The van der Waals surface area contributed by atoms with Crippen molar-refractivity contribution < 1.29 is 14.3 Å². The summed E-state index contributed by atoms with van der Waals surface area (Å²) in [5, 5.41) is 0. The molecule has 0 N–H and O–H groups in total. The maximum atomic E-state index is 10.7. The topological polar surface area (TPSA) is 61.3 Å². The van der Waals surface area contributed by atoms with Gasteiger partial charge < -0.3 is 14.3 Å². The molecule has 2 aromatic rings. The Bertz CT molecular complexity index is 586. The number of benzene rings is 1. The summed E-state index contributed by atoms with van der Waals surface area (Å²) in [5.74, 6) is 1.23. The van der Waals surface area contributed by atoms with Crippen LogP contribution in [0.1, 0.15) is 16.7 Å². The van der Waals surface area contributed by atoms with Gasteiger partial charge in [-0.05, 0) is 42.7 Å². The minimum atomic E-state index is 0.257. The second kappa shape index (κ2) is 6.14. The summed E-state index contributed by atoms with van der Waals surface area (Å²) < 4.78 is 10.6. The number of rotatable bonds is 5. The van der Waals surface area contributed by atoms with Crippen molar-refractivity contribution in [2.24, 2.45) is 0 Å². The van der Waals surface area contributed by atoms with E-state index in [1.165, 1.54) is 0 Å². The lowest BCUT2D eigenvalue weighted by atomic mass is 10.0. The van der Waals surface area contributed by atoms with Crippen LogP contribution in [-0.2, 0) is 11.2 Å². The first-order chi connectivity index (χ1) is 9.63. The molecular formula is C15H16N2O3. The van der Waals surface area contributed by atoms with Crippen LogP contribution in [0.2, 0.25) is 0 Å². The number of aromatic nitrogens is 2. The van der Waals surface area contributed by atoms with Crippen LogP contribution in [0.15, 0.2) is 24.5 Å². The highest BCUT2D eigenvalue weighted by Crippen LogP contribution is 2.25. The minimum Gasteiger partial charge on any atom is -0.494 e. The Kier molecular flexibility index (Phi) is 4.30. The number of ether oxygens (including phenoxy) is 2. The van der Waals surface area contributed by atoms with Gasteiger partial charge in [0.15, 0.2) is 5.75 Å². The van der Waals surface area contributed by atoms with E-state index in [4.69, 9.17) is 9.47 Å². The van der Waals surface area contributed by atoms with Gasteiger partial charge in [-0.3, -0.25) is 0 Å². The Labute approximate surface area is 117 Å². The van der Waals surface area contributed by atoms with Crippen molar-refractivity contribution in [2.75, 3.05) is 7.11 Å². The van der Waals surface area contributed by atoms with Gasteiger partial charge in [-0.25, -0.2) is 0 Å². The fraction of sp³-hybridized carbons (Fsp3) is 0.267. The largest absolute Gasteiger partial charge is 0.494 e. The number of methoxy groups -OCH3 is 1. The van der Waals surface area contributed by atoms with Gasteiger partial charge in [-0.15, -0.1) is 0 Å². The van der Waals surface area contributed by atoms with Gasteiger partial charge in [0.1, 0.15) is 12.0 Å². The van der Waals surface area contributed by atoms with Gasteiger partial charge in [0, 0.05) is 6.42 Å². The van der Waals surface area contributed by atoms with Crippen LogP contribution in [-0.4, -0.2) is 23.4 Å². The quantitative estimate of drug-likeness (QED) is 0.783. The number of aryl methyl sites for hydroxylation is 2. The van der Waals surface area contributed by atoms with Crippen LogP contribution in [0, 0.1) is 13.8 Å². The van der Waals surface area contributed by atoms with Crippen molar-refractivity contribution in [3.05, 3.63) is 41.2 Å². The van der Waals surface area contributed by atoms with Crippen LogP contribution in [0.4, 0.5) is 0 Å². The molecule has 1 heterocycles. The second-order valence-electron chi connectivity index (χ2n) is 4.41. The number of aldehydes is 1. The van der Waals surface area contributed by atoms with Gasteiger partial charge in [-0.2, -0.15) is 9.97 Å². The maximum Gasteiger partial charge on any atom is 0.322 e. The zero-order valence-electron chi connectivity index (χ0n) is 11.7.